The maximum Gasteiger partial charge on any atom is 0.234 e. The van der Waals surface area contributed by atoms with Gasteiger partial charge in [-0.05, 0) is 46.8 Å². The van der Waals surface area contributed by atoms with Gasteiger partial charge >= 0.3 is 0 Å². The van der Waals surface area contributed by atoms with E-state index >= 15 is 0 Å². The van der Waals surface area contributed by atoms with Gasteiger partial charge in [-0.2, -0.15) is 0 Å². The van der Waals surface area contributed by atoms with Gasteiger partial charge in [-0.25, -0.2) is 0 Å². The number of carbonyl (C=O) groups excluding carboxylic acids is 1. The van der Waals surface area contributed by atoms with Crippen LogP contribution in [0.15, 0.2) is 5.16 Å². The summed E-state index contributed by atoms with van der Waals surface area (Å²) in [5.74, 6) is -0.0821. The molecule has 104 valence electrons. The summed E-state index contributed by atoms with van der Waals surface area (Å²) in [5, 5.41) is 14.7. The van der Waals surface area contributed by atoms with E-state index in [0.717, 1.165) is 19.4 Å². The van der Waals surface area contributed by atoms with E-state index in [1.807, 2.05) is 21.0 Å². The average Bonchev–Trinajstić information content (AvgIpc) is 2.24. The molecular weight excluding hydrogens is 232 g/mol. The molecule has 0 aromatic heterocycles. The Morgan fingerprint density at radius 2 is 2.17 bits per heavy atom. The van der Waals surface area contributed by atoms with E-state index in [-0.39, 0.29) is 17.8 Å². The van der Waals surface area contributed by atoms with Crippen molar-refractivity contribution in [2.75, 3.05) is 20.6 Å². The van der Waals surface area contributed by atoms with Gasteiger partial charge in [-0.15, -0.1) is 0 Å². The molecule has 0 aliphatic heterocycles. The standard InChI is InChI=1S/C12H24N4O2/c1-9(5-8-16(2)3)14-11(17)12(6-4-7-12)10(13)15-18/h9,18H,4-8H2,1-3H3,(H2,13,15)(H,14,17). The van der Waals surface area contributed by atoms with Crippen LogP contribution >= 0.6 is 0 Å². The molecule has 4 N–H and O–H groups in total. The van der Waals surface area contributed by atoms with E-state index in [1.165, 1.54) is 0 Å². The van der Waals surface area contributed by atoms with E-state index in [0.29, 0.717) is 12.8 Å². The van der Waals surface area contributed by atoms with Crippen LogP contribution in [-0.2, 0) is 4.79 Å². The molecule has 1 aliphatic carbocycles. The Hall–Kier alpha value is -1.30. The molecule has 1 fully saturated rings. The third-order valence-corrected chi connectivity index (χ3v) is 3.63. The molecule has 0 radical (unpaired) electrons. The first-order chi connectivity index (χ1) is 8.42. The maximum atomic E-state index is 12.2. The van der Waals surface area contributed by atoms with E-state index < -0.39 is 5.41 Å². The Morgan fingerprint density at radius 1 is 1.56 bits per heavy atom. The number of amidine groups is 1. The Bertz CT molecular complexity index is 324. The van der Waals surface area contributed by atoms with Crippen molar-refractivity contribution in [2.24, 2.45) is 16.3 Å². The summed E-state index contributed by atoms with van der Waals surface area (Å²) >= 11 is 0. The zero-order valence-corrected chi connectivity index (χ0v) is 11.4. The van der Waals surface area contributed by atoms with Crippen molar-refractivity contribution in [1.29, 1.82) is 0 Å². The second-order valence-electron chi connectivity index (χ2n) is 5.39. The van der Waals surface area contributed by atoms with Gasteiger partial charge in [0.05, 0.1) is 0 Å². The first-order valence-electron chi connectivity index (χ1n) is 6.36. The fourth-order valence-electron chi connectivity index (χ4n) is 2.11. The molecule has 0 bridgehead atoms. The normalized spacial score (nSPS) is 20.3. The van der Waals surface area contributed by atoms with E-state index in [1.54, 1.807) is 0 Å². The number of carbonyl (C=O) groups is 1. The molecule has 0 aromatic carbocycles. The van der Waals surface area contributed by atoms with Crippen LogP contribution < -0.4 is 11.1 Å². The highest BCUT2D eigenvalue weighted by atomic mass is 16.4. The van der Waals surface area contributed by atoms with E-state index in [9.17, 15) is 4.79 Å². The molecule has 0 heterocycles. The Kier molecular flexibility index (Phi) is 4.95. The van der Waals surface area contributed by atoms with Crippen LogP contribution in [0.5, 0.6) is 0 Å². The molecule has 0 spiro atoms. The van der Waals surface area contributed by atoms with Gasteiger partial charge in [-0.3, -0.25) is 4.79 Å². The summed E-state index contributed by atoms with van der Waals surface area (Å²) in [7, 11) is 4.00. The SMILES string of the molecule is CC(CCN(C)C)NC(=O)C1(C(N)=NO)CCC1. The zero-order chi connectivity index (χ0) is 13.8. The van der Waals surface area contributed by atoms with Gasteiger partial charge in [0, 0.05) is 6.04 Å². The lowest BCUT2D eigenvalue weighted by Crippen LogP contribution is -2.55. The van der Waals surface area contributed by atoms with Crippen LogP contribution in [0.3, 0.4) is 0 Å². The van der Waals surface area contributed by atoms with Crippen molar-refractivity contribution >= 4 is 11.7 Å². The molecule has 1 unspecified atom stereocenters. The lowest BCUT2D eigenvalue weighted by atomic mass is 9.67. The molecule has 0 aromatic rings. The lowest BCUT2D eigenvalue weighted by molar-refractivity contribution is -0.131. The smallest absolute Gasteiger partial charge is 0.234 e. The fraction of sp³-hybridized carbons (Fsp3) is 0.833. The van der Waals surface area contributed by atoms with Gasteiger partial charge in [0.1, 0.15) is 5.41 Å². The second kappa shape index (κ2) is 6.04. The highest BCUT2D eigenvalue weighted by molar-refractivity contribution is 6.07. The number of hydrogen-bond acceptors (Lipinski definition) is 4. The molecule has 1 saturated carbocycles. The van der Waals surface area contributed by atoms with E-state index in [4.69, 9.17) is 10.9 Å². The van der Waals surface area contributed by atoms with Crippen molar-refractivity contribution < 1.29 is 10.0 Å². The molecule has 1 aliphatic rings. The van der Waals surface area contributed by atoms with Crippen LogP contribution in [-0.4, -0.2) is 48.5 Å². The maximum absolute atomic E-state index is 12.2. The summed E-state index contributed by atoms with van der Waals surface area (Å²) < 4.78 is 0. The fourth-order valence-corrected chi connectivity index (χ4v) is 2.11. The van der Waals surface area contributed by atoms with Crippen LogP contribution in [0, 0.1) is 5.41 Å². The van der Waals surface area contributed by atoms with Crippen molar-refractivity contribution in [3.8, 4) is 0 Å². The first-order valence-corrected chi connectivity index (χ1v) is 6.36. The molecular formula is C12H24N4O2. The number of rotatable bonds is 6. The minimum Gasteiger partial charge on any atom is -0.409 e. The Balaban J connectivity index is 2.53. The zero-order valence-electron chi connectivity index (χ0n) is 11.4. The lowest BCUT2D eigenvalue weighted by Gasteiger charge is -2.39. The van der Waals surface area contributed by atoms with Crippen molar-refractivity contribution in [1.82, 2.24) is 10.2 Å². The topological polar surface area (TPSA) is 91.0 Å². The van der Waals surface area contributed by atoms with Crippen molar-refractivity contribution in [3.63, 3.8) is 0 Å². The highest BCUT2D eigenvalue weighted by Gasteiger charge is 2.48. The first kappa shape index (κ1) is 14.8. The van der Waals surface area contributed by atoms with Gasteiger partial charge in [0.15, 0.2) is 5.84 Å². The molecule has 6 nitrogen and oxygen atoms in total. The monoisotopic (exact) mass is 256 g/mol. The predicted molar refractivity (Wildman–Crippen MR) is 70.5 cm³/mol. The van der Waals surface area contributed by atoms with Crippen LogP contribution in [0.1, 0.15) is 32.6 Å². The number of nitrogens with zero attached hydrogens (tertiary/aromatic N) is 2. The molecule has 6 heteroatoms. The number of amides is 1. The third kappa shape index (κ3) is 3.13. The minimum atomic E-state index is -0.777. The van der Waals surface area contributed by atoms with Gasteiger partial charge in [-0.1, -0.05) is 11.6 Å². The van der Waals surface area contributed by atoms with Crippen LogP contribution in [0.2, 0.25) is 0 Å². The molecule has 0 saturated heterocycles. The summed E-state index contributed by atoms with van der Waals surface area (Å²) in [6.45, 7) is 2.89. The summed E-state index contributed by atoms with van der Waals surface area (Å²) in [6.07, 6.45) is 3.14. The highest BCUT2D eigenvalue weighted by Crippen LogP contribution is 2.41. The van der Waals surface area contributed by atoms with Crippen molar-refractivity contribution in [2.45, 2.75) is 38.6 Å². The summed E-state index contributed by atoms with van der Waals surface area (Å²) in [5.41, 5.74) is 4.87. The number of nitrogens with one attached hydrogen (secondary N) is 1. The molecule has 1 atom stereocenters. The number of nitrogens with two attached hydrogens (primary N) is 1. The van der Waals surface area contributed by atoms with Crippen molar-refractivity contribution in [3.05, 3.63) is 0 Å². The predicted octanol–water partition coefficient (Wildman–Crippen LogP) is 0.360. The third-order valence-electron chi connectivity index (χ3n) is 3.63. The number of hydrogen-bond donors (Lipinski definition) is 3. The van der Waals surface area contributed by atoms with E-state index in [2.05, 4.69) is 15.4 Å². The minimum absolute atomic E-state index is 0.0334. The quantitative estimate of drug-likeness (QED) is 0.277. The van der Waals surface area contributed by atoms with Gasteiger partial charge < -0.3 is 21.2 Å². The van der Waals surface area contributed by atoms with Crippen LogP contribution in [0.4, 0.5) is 0 Å². The summed E-state index contributed by atoms with van der Waals surface area (Å²) in [6, 6.07) is 0.0869. The van der Waals surface area contributed by atoms with Gasteiger partial charge in [0.2, 0.25) is 5.91 Å². The van der Waals surface area contributed by atoms with Gasteiger partial charge in [0.25, 0.3) is 0 Å². The summed E-state index contributed by atoms with van der Waals surface area (Å²) in [4.78, 5) is 14.3. The molecule has 1 rings (SSSR count). The Labute approximate surface area is 108 Å². The number of oxime groups is 1. The van der Waals surface area contributed by atoms with Crippen LogP contribution in [0.25, 0.3) is 0 Å². The average molecular weight is 256 g/mol. The molecule has 18 heavy (non-hydrogen) atoms. The largest absolute Gasteiger partial charge is 0.409 e. The Morgan fingerprint density at radius 3 is 2.56 bits per heavy atom. The second-order valence-corrected chi connectivity index (χ2v) is 5.39. The molecule has 1 amide bonds.